The largest absolute Gasteiger partial charge is 0.322 e. The van der Waals surface area contributed by atoms with Crippen LogP contribution in [0.3, 0.4) is 0 Å². The van der Waals surface area contributed by atoms with Crippen molar-refractivity contribution in [2.45, 2.75) is 0 Å². The van der Waals surface area contributed by atoms with E-state index in [0.717, 1.165) is 5.56 Å². The van der Waals surface area contributed by atoms with E-state index in [1.165, 1.54) is 6.21 Å². The Morgan fingerprint density at radius 2 is 2.21 bits per heavy atom. The molecule has 0 radical (unpaired) electrons. The summed E-state index contributed by atoms with van der Waals surface area (Å²) < 4.78 is 0. The summed E-state index contributed by atoms with van der Waals surface area (Å²) in [6.07, 6.45) is 4.81. The van der Waals surface area contributed by atoms with E-state index in [1.54, 1.807) is 24.5 Å². The van der Waals surface area contributed by atoms with Gasteiger partial charge in [-0.2, -0.15) is 5.10 Å². The molecule has 14 heavy (non-hydrogen) atoms. The molecule has 0 aliphatic rings. The van der Waals surface area contributed by atoms with E-state index in [-0.39, 0.29) is 24.9 Å². The first-order valence-electron chi connectivity index (χ1n) is 3.75. The Morgan fingerprint density at radius 1 is 1.57 bits per heavy atom. The molecule has 0 aromatic carbocycles. The minimum absolute atomic E-state index is 0. The maximum absolute atomic E-state index is 10.6. The van der Waals surface area contributed by atoms with Crippen LogP contribution in [-0.2, 0) is 4.79 Å². The Hall–Kier alpha value is -1.46. The third-order valence-electron chi connectivity index (χ3n) is 1.29. The lowest BCUT2D eigenvalue weighted by Crippen LogP contribution is -2.26. The fourth-order valence-corrected chi connectivity index (χ4v) is 0.674. The summed E-state index contributed by atoms with van der Waals surface area (Å²) in [5.41, 5.74) is 8.19. The number of amides is 1. The Bertz CT molecular complexity index is 301. The van der Waals surface area contributed by atoms with E-state index in [9.17, 15) is 4.79 Å². The van der Waals surface area contributed by atoms with Crippen molar-refractivity contribution in [3.05, 3.63) is 30.1 Å². The normalized spacial score (nSPS) is 9.50. The molecule has 1 amide bonds. The third kappa shape index (κ3) is 4.54. The number of hydrazone groups is 1. The molecule has 0 unspecified atom stereocenters. The number of rotatable bonds is 3. The molecule has 6 heteroatoms. The molecule has 1 aromatic heterocycles. The van der Waals surface area contributed by atoms with Gasteiger partial charge >= 0.3 is 0 Å². The van der Waals surface area contributed by atoms with Crippen LogP contribution in [0.4, 0.5) is 0 Å². The highest BCUT2D eigenvalue weighted by molar-refractivity contribution is 5.85. The maximum Gasteiger partial charge on any atom is 0.253 e. The van der Waals surface area contributed by atoms with Crippen molar-refractivity contribution in [1.82, 2.24) is 10.4 Å². The lowest BCUT2D eigenvalue weighted by atomic mass is 10.3. The molecule has 0 aliphatic carbocycles. The molecule has 0 bridgehead atoms. The van der Waals surface area contributed by atoms with Crippen LogP contribution in [0.15, 0.2) is 29.6 Å². The van der Waals surface area contributed by atoms with Gasteiger partial charge in [0.2, 0.25) is 0 Å². The zero-order chi connectivity index (χ0) is 9.52. The molecule has 76 valence electrons. The molecule has 1 heterocycles. The van der Waals surface area contributed by atoms with Crippen molar-refractivity contribution in [3.8, 4) is 0 Å². The van der Waals surface area contributed by atoms with E-state index in [1.807, 2.05) is 0 Å². The number of hydrogen-bond acceptors (Lipinski definition) is 4. The van der Waals surface area contributed by atoms with Gasteiger partial charge in [0.25, 0.3) is 5.91 Å². The first-order chi connectivity index (χ1) is 6.33. The molecule has 0 saturated carbocycles. The van der Waals surface area contributed by atoms with Gasteiger partial charge in [-0.1, -0.05) is 0 Å². The summed E-state index contributed by atoms with van der Waals surface area (Å²) in [4.78, 5) is 14.5. The standard InChI is InChI=1S/C8H10N4O.ClH/c9-5-8(13)12-11-6-7-1-3-10-4-2-7;/h1-4,6H,5,9H2,(H,12,13);1H/b11-6+;. The number of carbonyl (C=O) groups is 1. The highest BCUT2D eigenvalue weighted by Crippen LogP contribution is 1.89. The first-order valence-corrected chi connectivity index (χ1v) is 3.75. The quantitative estimate of drug-likeness (QED) is 0.545. The van der Waals surface area contributed by atoms with E-state index in [0.29, 0.717) is 0 Å². The SMILES string of the molecule is Cl.NCC(=O)N/N=C/c1ccncc1. The fraction of sp³-hybridized carbons (Fsp3) is 0.125. The zero-order valence-corrected chi connectivity index (χ0v) is 8.20. The maximum atomic E-state index is 10.6. The van der Waals surface area contributed by atoms with Gasteiger partial charge in [0.15, 0.2) is 0 Å². The van der Waals surface area contributed by atoms with Gasteiger partial charge in [0.1, 0.15) is 0 Å². The van der Waals surface area contributed by atoms with Crippen LogP contribution in [-0.4, -0.2) is 23.7 Å². The second-order valence-electron chi connectivity index (χ2n) is 2.28. The molecule has 3 N–H and O–H groups in total. The van der Waals surface area contributed by atoms with Crippen LogP contribution in [0.1, 0.15) is 5.56 Å². The molecular weight excluding hydrogens is 204 g/mol. The van der Waals surface area contributed by atoms with Gasteiger partial charge in [-0.25, -0.2) is 5.43 Å². The Morgan fingerprint density at radius 3 is 2.79 bits per heavy atom. The van der Waals surface area contributed by atoms with Crippen molar-refractivity contribution in [2.24, 2.45) is 10.8 Å². The average Bonchev–Trinajstić information content (AvgIpc) is 2.19. The first kappa shape index (κ1) is 12.5. The van der Waals surface area contributed by atoms with E-state index < -0.39 is 0 Å². The number of halogens is 1. The van der Waals surface area contributed by atoms with Gasteiger partial charge in [0.05, 0.1) is 12.8 Å². The summed E-state index contributed by atoms with van der Waals surface area (Å²) in [5, 5.41) is 3.68. The minimum Gasteiger partial charge on any atom is -0.322 e. The van der Waals surface area contributed by atoms with Crippen LogP contribution in [0.5, 0.6) is 0 Å². The van der Waals surface area contributed by atoms with Crippen molar-refractivity contribution in [3.63, 3.8) is 0 Å². The second kappa shape index (κ2) is 6.99. The van der Waals surface area contributed by atoms with Crippen LogP contribution in [0, 0.1) is 0 Å². The number of nitrogens with two attached hydrogens (primary N) is 1. The van der Waals surface area contributed by atoms with E-state index >= 15 is 0 Å². The topological polar surface area (TPSA) is 80.4 Å². The molecule has 0 aliphatic heterocycles. The smallest absolute Gasteiger partial charge is 0.253 e. The van der Waals surface area contributed by atoms with E-state index in [2.05, 4.69) is 15.5 Å². The molecule has 1 aromatic rings. The van der Waals surface area contributed by atoms with Crippen molar-refractivity contribution in [1.29, 1.82) is 0 Å². The highest BCUT2D eigenvalue weighted by Gasteiger charge is 1.91. The molecule has 0 fully saturated rings. The highest BCUT2D eigenvalue weighted by atomic mass is 35.5. The Labute approximate surface area is 87.8 Å². The molecule has 0 spiro atoms. The molecule has 1 rings (SSSR count). The van der Waals surface area contributed by atoms with E-state index in [4.69, 9.17) is 5.73 Å². The van der Waals surface area contributed by atoms with Crippen LogP contribution >= 0.6 is 12.4 Å². The van der Waals surface area contributed by atoms with Crippen LogP contribution in [0.25, 0.3) is 0 Å². The second-order valence-corrected chi connectivity index (χ2v) is 2.28. The predicted molar refractivity (Wildman–Crippen MR) is 56.3 cm³/mol. The lowest BCUT2D eigenvalue weighted by Gasteiger charge is -1.93. The average molecular weight is 215 g/mol. The number of nitrogens with zero attached hydrogens (tertiary/aromatic N) is 2. The van der Waals surface area contributed by atoms with Crippen molar-refractivity contribution >= 4 is 24.5 Å². The molecular formula is C8H11ClN4O. The van der Waals surface area contributed by atoms with Crippen molar-refractivity contribution < 1.29 is 4.79 Å². The Kier molecular flexibility index (Phi) is 6.26. The van der Waals surface area contributed by atoms with Crippen LogP contribution < -0.4 is 11.2 Å². The lowest BCUT2D eigenvalue weighted by molar-refractivity contribution is -0.119. The van der Waals surface area contributed by atoms with Gasteiger partial charge in [0, 0.05) is 12.4 Å². The van der Waals surface area contributed by atoms with Gasteiger partial charge in [-0.15, -0.1) is 12.4 Å². The summed E-state index contributed by atoms with van der Waals surface area (Å²) >= 11 is 0. The Balaban J connectivity index is 0.00000169. The van der Waals surface area contributed by atoms with Gasteiger partial charge < -0.3 is 5.73 Å². The summed E-state index contributed by atoms with van der Waals surface area (Å²) in [5.74, 6) is -0.315. The minimum atomic E-state index is -0.315. The summed E-state index contributed by atoms with van der Waals surface area (Å²) in [7, 11) is 0. The number of aromatic nitrogens is 1. The summed E-state index contributed by atoms with van der Waals surface area (Å²) in [6, 6.07) is 3.55. The monoisotopic (exact) mass is 214 g/mol. The number of carbonyl (C=O) groups excluding carboxylic acids is 1. The molecule has 0 atom stereocenters. The number of nitrogens with one attached hydrogen (secondary N) is 1. The zero-order valence-electron chi connectivity index (χ0n) is 7.38. The van der Waals surface area contributed by atoms with Gasteiger partial charge in [-0.3, -0.25) is 9.78 Å². The van der Waals surface area contributed by atoms with Gasteiger partial charge in [-0.05, 0) is 17.7 Å². The number of hydrogen-bond donors (Lipinski definition) is 2. The predicted octanol–water partition coefficient (Wildman–Crippen LogP) is -0.0878. The number of pyridine rings is 1. The van der Waals surface area contributed by atoms with Crippen LogP contribution in [0.2, 0.25) is 0 Å². The molecule has 5 nitrogen and oxygen atoms in total. The molecule has 0 saturated heterocycles. The summed E-state index contributed by atoms with van der Waals surface area (Å²) in [6.45, 7) is -0.0618. The fourth-order valence-electron chi connectivity index (χ4n) is 0.674. The third-order valence-corrected chi connectivity index (χ3v) is 1.29. The van der Waals surface area contributed by atoms with Crippen molar-refractivity contribution in [2.75, 3.05) is 6.54 Å².